The number of carbonyl (C=O) groups is 1. The molecule has 0 unspecified atom stereocenters. The van der Waals surface area contributed by atoms with E-state index in [1.165, 1.54) is 0 Å². The maximum atomic E-state index is 11.0. The molecule has 2 nitrogen and oxygen atoms in total. The molecule has 0 spiro atoms. The zero-order chi connectivity index (χ0) is 11.1. The van der Waals surface area contributed by atoms with Crippen molar-refractivity contribution in [3.63, 3.8) is 0 Å². The Morgan fingerprint density at radius 1 is 1.53 bits per heavy atom. The first-order valence-corrected chi connectivity index (χ1v) is 5.28. The third-order valence-electron chi connectivity index (χ3n) is 1.77. The molecule has 1 aromatic carbocycles. The summed E-state index contributed by atoms with van der Waals surface area (Å²) >= 11 is 4.22. The summed E-state index contributed by atoms with van der Waals surface area (Å²) in [6.45, 7) is 2.23. The van der Waals surface area contributed by atoms with Gasteiger partial charge < -0.3 is 4.74 Å². The summed E-state index contributed by atoms with van der Waals surface area (Å²) in [5.74, 6) is -0.198. The summed E-state index contributed by atoms with van der Waals surface area (Å²) in [6.07, 6.45) is 3.99. The maximum Gasteiger partial charge on any atom is 0.309 e. The zero-order valence-corrected chi connectivity index (χ0v) is 9.54. The lowest BCUT2D eigenvalue weighted by molar-refractivity contribution is -0.142. The first-order valence-electron chi connectivity index (χ1n) is 4.83. The molecule has 0 N–H and O–H groups in total. The molecule has 0 aromatic heterocycles. The second-order valence-corrected chi connectivity index (χ2v) is 3.52. The van der Waals surface area contributed by atoms with Gasteiger partial charge in [-0.15, -0.1) is 12.6 Å². The SMILES string of the molecule is CCOC(=O)CC=Cc1cccc(S)c1. The molecule has 1 aromatic rings. The number of ether oxygens (including phenoxy) is 1. The predicted octanol–water partition coefficient (Wildman–Crippen LogP) is 2.94. The smallest absolute Gasteiger partial charge is 0.309 e. The fourth-order valence-corrected chi connectivity index (χ4v) is 1.37. The van der Waals surface area contributed by atoms with Crippen LogP contribution in [0.1, 0.15) is 18.9 Å². The number of hydrogen-bond donors (Lipinski definition) is 1. The zero-order valence-electron chi connectivity index (χ0n) is 8.64. The van der Waals surface area contributed by atoms with Crippen LogP contribution in [-0.4, -0.2) is 12.6 Å². The highest BCUT2D eigenvalue weighted by Gasteiger charge is 1.96. The largest absolute Gasteiger partial charge is 0.466 e. The number of benzene rings is 1. The van der Waals surface area contributed by atoms with Crippen molar-refractivity contribution in [2.75, 3.05) is 6.61 Å². The van der Waals surface area contributed by atoms with E-state index in [0.717, 1.165) is 10.5 Å². The fourth-order valence-electron chi connectivity index (χ4n) is 1.14. The molecule has 0 aliphatic carbocycles. The summed E-state index contributed by atoms with van der Waals surface area (Å²) in [4.78, 5) is 11.9. The summed E-state index contributed by atoms with van der Waals surface area (Å²) in [5, 5.41) is 0. The average Bonchev–Trinajstić information content (AvgIpc) is 2.18. The Kier molecular flexibility index (Phi) is 4.98. The Balaban J connectivity index is 2.48. The van der Waals surface area contributed by atoms with Gasteiger partial charge in [0, 0.05) is 4.90 Å². The summed E-state index contributed by atoms with van der Waals surface area (Å²) in [7, 11) is 0. The third-order valence-corrected chi connectivity index (χ3v) is 2.05. The lowest BCUT2D eigenvalue weighted by Gasteiger charge is -1.97. The highest BCUT2D eigenvalue weighted by molar-refractivity contribution is 7.80. The number of rotatable bonds is 4. The Morgan fingerprint density at radius 2 is 2.33 bits per heavy atom. The number of thiol groups is 1. The van der Waals surface area contributed by atoms with E-state index in [1.54, 1.807) is 13.0 Å². The van der Waals surface area contributed by atoms with E-state index in [2.05, 4.69) is 12.6 Å². The molecular formula is C12H14O2S. The van der Waals surface area contributed by atoms with Crippen LogP contribution in [0.5, 0.6) is 0 Å². The van der Waals surface area contributed by atoms with Gasteiger partial charge in [0.15, 0.2) is 0 Å². The van der Waals surface area contributed by atoms with Gasteiger partial charge in [-0.3, -0.25) is 4.79 Å². The number of carbonyl (C=O) groups excluding carboxylic acids is 1. The normalized spacial score (nSPS) is 10.5. The number of hydrogen-bond acceptors (Lipinski definition) is 3. The second kappa shape index (κ2) is 6.30. The van der Waals surface area contributed by atoms with Gasteiger partial charge >= 0.3 is 5.97 Å². The molecule has 0 fully saturated rings. The Bertz CT molecular complexity index is 358. The molecule has 0 saturated heterocycles. The summed E-state index contributed by atoms with van der Waals surface area (Å²) < 4.78 is 4.80. The van der Waals surface area contributed by atoms with Gasteiger partial charge in [-0.25, -0.2) is 0 Å². The van der Waals surface area contributed by atoms with Crippen LogP contribution in [-0.2, 0) is 9.53 Å². The van der Waals surface area contributed by atoms with Crippen LogP contribution in [0.3, 0.4) is 0 Å². The molecule has 80 valence electrons. The fraction of sp³-hybridized carbons (Fsp3) is 0.250. The molecule has 1 rings (SSSR count). The quantitative estimate of drug-likeness (QED) is 0.626. The monoisotopic (exact) mass is 222 g/mol. The topological polar surface area (TPSA) is 26.3 Å². The van der Waals surface area contributed by atoms with Crippen LogP contribution in [0.2, 0.25) is 0 Å². The highest BCUT2D eigenvalue weighted by atomic mass is 32.1. The molecule has 3 heteroatoms. The van der Waals surface area contributed by atoms with Crippen molar-refractivity contribution in [1.29, 1.82) is 0 Å². The molecule has 0 saturated carbocycles. The Labute approximate surface area is 95.4 Å². The van der Waals surface area contributed by atoms with Gasteiger partial charge in [-0.05, 0) is 24.6 Å². The second-order valence-electron chi connectivity index (χ2n) is 3.01. The lowest BCUT2D eigenvalue weighted by atomic mass is 10.2. The van der Waals surface area contributed by atoms with Crippen molar-refractivity contribution in [2.45, 2.75) is 18.2 Å². The number of esters is 1. The lowest BCUT2D eigenvalue weighted by Crippen LogP contribution is -2.01. The van der Waals surface area contributed by atoms with E-state index in [4.69, 9.17) is 4.74 Å². The highest BCUT2D eigenvalue weighted by Crippen LogP contribution is 2.10. The van der Waals surface area contributed by atoms with Crippen LogP contribution in [0.25, 0.3) is 6.08 Å². The van der Waals surface area contributed by atoms with Crippen molar-refractivity contribution in [3.05, 3.63) is 35.9 Å². The molecule has 0 amide bonds. The minimum atomic E-state index is -0.198. The van der Waals surface area contributed by atoms with Crippen molar-refractivity contribution in [3.8, 4) is 0 Å². The molecule has 0 atom stereocenters. The van der Waals surface area contributed by atoms with Gasteiger partial charge in [0.05, 0.1) is 13.0 Å². The molecule has 0 radical (unpaired) electrons. The van der Waals surface area contributed by atoms with E-state index in [-0.39, 0.29) is 5.97 Å². The molecule has 0 aliphatic heterocycles. The standard InChI is InChI=1S/C12H14O2S/c1-2-14-12(13)8-4-6-10-5-3-7-11(15)9-10/h3-7,9,15H,2,8H2,1H3. The molecule has 0 heterocycles. The Hall–Kier alpha value is -1.22. The molecule has 0 bridgehead atoms. The third kappa shape index (κ3) is 4.70. The predicted molar refractivity (Wildman–Crippen MR) is 64.0 cm³/mol. The van der Waals surface area contributed by atoms with E-state index >= 15 is 0 Å². The van der Waals surface area contributed by atoms with Crippen molar-refractivity contribution in [1.82, 2.24) is 0 Å². The van der Waals surface area contributed by atoms with Crippen LogP contribution in [0, 0.1) is 0 Å². The van der Waals surface area contributed by atoms with E-state index in [9.17, 15) is 4.79 Å². The first kappa shape index (κ1) is 11.9. The van der Waals surface area contributed by atoms with Crippen LogP contribution >= 0.6 is 12.6 Å². The van der Waals surface area contributed by atoms with Crippen LogP contribution < -0.4 is 0 Å². The van der Waals surface area contributed by atoms with E-state index in [0.29, 0.717) is 13.0 Å². The van der Waals surface area contributed by atoms with Gasteiger partial charge in [0.1, 0.15) is 0 Å². The minimum Gasteiger partial charge on any atom is -0.466 e. The van der Waals surface area contributed by atoms with Gasteiger partial charge in [-0.2, -0.15) is 0 Å². The van der Waals surface area contributed by atoms with Crippen molar-refractivity contribution < 1.29 is 9.53 Å². The molecule has 0 aliphatic rings. The molecular weight excluding hydrogens is 208 g/mol. The molecule has 15 heavy (non-hydrogen) atoms. The first-order chi connectivity index (χ1) is 7.22. The van der Waals surface area contributed by atoms with Gasteiger partial charge in [0.25, 0.3) is 0 Å². The Morgan fingerprint density at radius 3 is 3.00 bits per heavy atom. The minimum absolute atomic E-state index is 0.198. The van der Waals surface area contributed by atoms with E-state index in [1.807, 2.05) is 30.3 Å². The maximum absolute atomic E-state index is 11.0. The van der Waals surface area contributed by atoms with E-state index < -0.39 is 0 Å². The summed E-state index contributed by atoms with van der Waals surface area (Å²) in [6, 6.07) is 7.73. The van der Waals surface area contributed by atoms with Gasteiger partial charge in [0.2, 0.25) is 0 Å². The van der Waals surface area contributed by atoms with Crippen molar-refractivity contribution in [2.24, 2.45) is 0 Å². The van der Waals surface area contributed by atoms with Gasteiger partial charge in [-0.1, -0.05) is 24.3 Å². The van der Waals surface area contributed by atoms with Crippen LogP contribution in [0.4, 0.5) is 0 Å². The van der Waals surface area contributed by atoms with Crippen LogP contribution in [0.15, 0.2) is 35.2 Å². The average molecular weight is 222 g/mol. The van der Waals surface area contributed by atoms with Crippen molar-refractivity contribution >= 4 is 24.7 Å². The summed E-state index contributed by atoms with van der Waals surface area (Å²) in [5.41, 5.74) is 1.03.